The summed E-state index contributed by atoms with van der Waals surface area (Å²) in [5, 5.41) is 21.6. The molecule has 4 nitrogen and oxygen atoms in total. The SMILES string of the molecule is N#CC(=N)/C=C1/CNCCN1. The lowest BCUT2D eigenvalue weighted by Crippen LogP contribution is -2.38. The van der Waals surface area contributed by atoms with E-state index in [0.29, 0.717) is 0 Å². The van der Waals surface area contributed by atoms with Crippen LogP contribution in [-0.2, 0) is 0 Å². The molecule has 1 aliphatic heterocycles. The molecule has 3 N–H and O–H groups in total. The quantitative estimate of drug-likeness (QED) is 0.446. The van der Waals surface area contributed by atoms with Crippen LogP contribution in [0.1, 0.15) is 0 Å². The number of allylic oxidation sites excluding steroid dienone is 1. The normalized spacial score (nSPS) is 20.5. The maximum atomic E-state index is 8.30. The van der Waals surface area contributed by atoms with Gasteiger partial charge in [0.05, 0.1) is 0 Å². The Hall–Kier alpha value is -1.34. The van der Waals surface area contributed by atoms with Crippen molar-refractivity contribution in [3.8, 4) is 6.07 Å². The van der Waals surface area contributed by atoms with Gasteiger partial charge in [-0.15, -0.1) is 0 Å². The summed E-state index contributed by atoms with van der Waals surface area (Å²) in [7, 11) is 0. The van der Waals surface area contributed by atoms with Crippen molar-refractivity contribution in [2.45, 2.75) is 0 Å². The average Bonchev–Trinajstić information content (AvgIpc) is 2.06. The van der Waals surface area contributed by atoms with Crippen molar-refractivity contribution in [2.75, 3.05) is 19.6 Å². The molecule has 0 saturated carbocycles. The van der Waals surface area contributed by atoms with E-state index in [0.717, 1.165) is 25.3 Å². The molecule has 4 heteroatoms. The third kappa shape index (κ3) is 2.40. The molecule has 0 aromatic rings. The smallest absolute Gasteiger partial charge is 0.133 e. The molecule has 1 saturated heterocycles. The minimum Gasteiger partial charge on any atom is -0.386 e. The van der Waals surface area contributed by atoms with Gasteiger partial charge in [0.1, 0.15) is 11.8 Å². The van der Waals surface area contributed by atoms with Crippen LogP contribution in [0.4, 0.5) is 0 Å². The van der Waals surface area contributed by atoms with E-state index >= 15 is 0 Å². The van der Waals surface area contributed by atoms with E-state index < -0.39 is 0 Å². The lowest BCUT2D eigenvalue weighted by molar-refractivity contribution is 0.599. The van der Waals surface area contributed by atoms with Crippen LogP contribution in [0.5, 0.6) is 0 Å². The summed E-state index contributed by atoms with van der Waals surface area (Å²) in [5.41, 5.74) is 0.916. The van der Waals surface area contributed by atoms with Crippen LogP contribution in [0.15, 0.2) is 11.8 Å². The predicted octanol–water partition coefficient (Wildman–Crippen LogP) is -0.394. The zero-order valence-corrected chi connectivity index (χ0v) is 6.15. The number of nitrogens with one attached hydrogen (secondary N) is 3. The summed E-state index contributed by atoms with van der Waals surface area (Å²) in [6, 6.07) is 1.75. The molecule has 0 radical (unpaired) electrons. The topological polar surface area (TPSA) is 71.7 Å². The van der Waals surface area contributed by atoms with Gasteiger partial charge in [0.25, 0.3) is 0 Å². The standard InChI is InChI=1S/C7H10N4/c8-4-6(9)3-7-5-10-1-2-11-7/h3,9-11H,1-2,5H2/b7-3-,9-6?. The fourth-order valence-electron chi connectivity index (χ4n) is 0.906. The van der Waals surface area contributed by atoms with Gasteiger partial charge in [-0.2, -0.15) is 5.26 Å². The highest BCUT2D eigenvalue weighted by molar-refractivity contribution is 6.05. The first-order valence-corrected chi connectivity index (χ1v) is 3.47. The molecule has 1 fully saturated rings. The Balaban J connectivity index is 2.51. The van der Waals surface area contributed by atoms with Crippen LogP contribution in [0, 0.1) is 16.7 Å². The Morgan fingerprint density at radius 3 is 3.00 bits per heavy atom. The summed E-state index contributed by atoms with van der Waals surface area (Å²) in [5.74, 6) is 0. The van der Waals surface area contributed by atoms with Gasteiger partial charge in [0.2, 0.25) is 0 Å². The van der Waals surface area contributed by atoms with Crippen LogP contribution >= 0.6 is 0 Å². The average molecular weight is 150 g/mol. The molecule has 0 atom stereocenters. The van der Waals surface area contributed by atoms with Crippen molar-refractivity contribution in [2.24, 2.45) is 0 Å². The number of piperazine rings is 1. The maximum Gasteiger partial charge on any atom is 0.133 e. The second-order valence-corrected chi connectivity index (χ2v) is 2.30. The van der Waals surface area contributed by atoms with Gasteiger partial charge >= 0.3 is 0 Å². The molecule has 0 amide bonds. The molecule has 0 unspecified atom stereocenters. The lowest BCUT2D eigenvalue weighted by atomic mass is 10.2. The number of hydrogen-bond acceptors (Lipinski definition) is 4. The fourth-order valence-corrected chi connectivity index (χ4v) is 0.906. The van der Waals surface area contributed by atoms with Gasteiger partial charge in [0, 0.05) is 25.3 Å². The van der Waals surface area contributed by atoms with E-state index in [9.17, 15) is 0 Å². The minimum absolute atomic E-state index is 0.00352. The van der Waals surface area contributed by atoms with Gasteiger partial charge in [0.15, 0.2) is 0 Å². The summed E-state index contributed by atoms with van der Waals surface area (Å²) >= 11 is 0. The number of nitrogens with zero attached hydrogens (tertiary/aromatic N) is 1. The molecule has 1 aliphatic rings. The van der Waals surface area contributed by atoms with E-state index in [1.54, 1.807) is 12.1 Å². The lowest BCUT2D eigenvalue weighted by Gasteiger charge is -2.17. The van der Waals surface area contributed by atoms with E-state index in [1.807, 2.05) is 0 Å². The van der Waals surface area contributed by atoms with Crippen LogP contribution in [-0.4, -0.2) is 25.3 Å². The Morgan fingerprint density at radius 1 is 1.64 bits per heavy atom. The van der Waals surface area contributed by atoms with Crippen molar-refractivity contribution < 1.29 is 0 Å². The first kappa shape index (κ1) is 7.76. The molecule has 58 valence electrons. The third-order valence-corrected chi connectivity index (χ3v) is 1.41. The van der Waals surface area contributed by atoms with Gasteiger partial charge < -0.3 is 10.6 Å². The Kier molecular flexibility index (Phi) is 2.64. The first-order valence-electron chi connectivity index (χ1n) is 3.47. The molecule has 0 bridgehead atoms. The minimum atomic E-state index is -0.00352. The monoisotopic (exact) mass is 150 g/mol. The van der Waals surface area contributed by atoms with Crippen molar-refractivity contribution in [1.29, 1.82) is 10.7 Å². The molecule has 0 aromatic carbocycles. The molecule has 1 heterocycles. The van der Waals surface area contributed by atoms with Gasteiger partial charge in [-0.3, -0.25) is 5.41 Å². The zero-order valence-electron chi connectivity index (χ0n) is 6.15. The first-order chi connectivity index (χ1) is 5.33. The van der Waals surface area contributed by atoms with Gasteiger partial charge in [-0.25, -0.2) is 0 Å². The predicted molar refractivity (Wildman–Crippen MR) is 42.3 cm³/mol. The summed E-state index contributed by atoms with van der Waals surface area (Å²) in [4.78, 5) is 0. The third-order valence-electron chi connectivity index (χ3n) is 1.41. The molecular weight excluding hydrogens is 140 g/mol. The largest absolute Gasteiger partial charge is 0.386 e. The number of rotatable bonds is 1. The van der Waals surface area contributed by atoms with Crippen molar-refractivity contribution in [3.63, 3.8) is 0 Å². The summed E-state index contributed by atoms with van der Waals surface area (Å²) in [6.07, 6.45) is 1.55. The van der Waals surface area contributed by atoms with Crippen LogP contribution < -0.4 is 10.6 Å². The van der Waals surface area contributed by atoms with E-state index in [-0.39, 0.29) is 5.71 Å². The molecular formula is C7H10N4. The Labute approximate surface area is 65.4 Å². The van der Waals surface area contributed by atoms with E-state index in [4.69, 9.17) is 10.7 Å². The maximum absolute atomic E-state index is 8.30. The van der Waals surface area contributed by atoms with Crippen LogP contribution in [0.3, 0.4) is 0 Å². The number of nitriles is 1. The van der Waals surface area contributed by atoms with Crippen molar-refractivity contribution >= 4 is 5.71 Å². The van der Waals surface area contributed by atoms with E-state index in [2.05, 4.69) is 10.6 Å². The summed E-state index contributed by atoms with van der Waals surface area (Å²) in [6.45, 7) is 2.53. The second kappa shape index (κ2) is 3.74. The van der Waals surface area contributed by atoms with Crippen LogP contribution in [0.2, 0.25) is 0 Å². The highest BCUT2D eigenvalue weighted by Gasteiger charge is 2.02. The summed E-state index contributed by atoms with van der Waals surface area (Å²) < 4.78 is 0. The number of hydrogen-bond donors (Lipinski definition) is 3. The highest BCUT2D eigenvalue weighted by Crippen LogP contribution is 1.91. The fraction of sp³-hybridized carbons (Fsp3) is 0.429. The Bertz CT molecular complexity index is 215. The van der Waals surface area contributed by atoms with Crippen molar-refractivity contribution in [1.82, 2.24) is 10.6 Å². The molecule has 0 aromatic heterocycles. The van der Waals surface area contributed by atoms with Crippen molar-refractivity contribution in [3.05, 3.63) is 11.8 Å². The van der Waals surface area contributed by atoms with Gasteiger partial charge in [-0.1, -0.05) is 0 Å². The molecule has 0 aliphatic carbocycles. The zero-order chi connectivity index (χ0) is 8.10. The molecule has 0 spiro atoms. The van der Waals surface area contributed by atoms with Crippen LogP contribution in [0.25, 0.3) is 0 Å². The Morgan fingerprint density at radius 2 is 2.45 bits per heavy atom. The van der Waals surface area contributed by atoms with Gasteiger partial charge in [-0.05, 0) is 6.08 Å². The molecule has 1 rings (SSSR count). The van der Waals surface area contributed by atoms with E-state index in [1.165, 1.54) is 0 Å². The highest BCUT2D eigenvalue weighted by atomic mass is 15.0. The second-order valence-electron chi connectivity index (χ2n) is 2.30. The molecule has 11 heavy (non-hydrogen) atoms.